The minimum Gasteiger partial charge on any atom is -0.465 e. The van der Waals surface area contributed by atoms with Gasteiger partial charge in [-0.3, -0.25) is 4.79 Å². The third-order valence-corrected chi connectivity index (χ3v) is 4.86. The van der Waals surface area contributed by atoms with Crippen molar-refractivity contribution in [3.63, 3.8) is 0 Å². The number of hydrogen-bond donors (Lipinski definition) is 0. The Labute approximate surface area is 137 Å². The van der Waals surface area contributed by atoms with E-state index < -0.39 is 0 Å². The second-order valence-corrected chi connectivity index (χ2v) is 6.37. The minimum atomic E-state index is -0.378. The fraction of sp³-hybridized carbons (Fsp3) is 0.556. The Hall–Kier alpha value is -1.88. The molecule has 1 aromatic carbocycles. The molecule has 2 saturated heterocycles. The maximum absolute atomic E-state index is 12.8. The normalized spacial score (nSPS) is 21.6. The molecule has 0 radical (unpaired) electrons. The van der Waals surface area contributed by atoms with Gasteiger partial charge in [0.2, 0.25) is 0 Å². The highest BCUT2D eigenvalue weighted by Gasteiger charge is 2.31. The van der Waals surface area contributed by atoms with Crippen LogP contribution in [0.2, 0.25) is 0 Å². The molecule has 23 heavy (non-hydrogen) atoms. The van der Waals surface area contributed by atoms with Crippen LogP contribution in [-0.4, -0.2) is 61.0 Å². The van der Waals surface area contributed by atoms with E-state index in [4.69, 9.17) is 0 Å². The van der Waals surface area contributed by atoms with E-state index in [1.165, 1.54) is 20.0 Å². The summed E-state index contributed by atoms with van der Waals surface area (Å²) in [5, 5.41) is 0. The Bertz CT molecular complexity index is 564. The van der Waals surface area contributed by atoms with Gasteiger partial charge in [0.25, 0.3) is 5.91 Å². The quantitative estimate of drug-likeness (QED) is 0.799. The van der Waals surface area contributed by atoms with E-state index in [0.717, 1.165) is 39.0 Å². The van der Waals surface area contributed by atoms with Gasteiger partial charge in [0, 0.05) is 24.7 Å². The van der Waals surface area contributed by atoms with Crippen molar-refractivity contribution in [3.05, 3.63) is 35.4 Å². The molecule has 2 aliphatic heterocycles. The van der Waals surface area contributed by atoms with Gasteiger partial charge in [0.1, 0.15) is 0 Å². The van der Waals surface area contributed by atoms with Crippen molar-refractivity contribution in [2.75, 3.05) is 33.3 Å². The fourth-order valence-electron chi connectivity index (χ4n) is 3.59. The Kier molecular flexibility index (Phi) is 4.96. The van der Waals surface area contributed by atoms with E-state index in [1.807, 2.05) is 4.90 Å². The van der Waals surface area contributed by atoms with Gasteiger partial charge in [-0.2, -0.15) is 0 Å². The summed E-state index contributed by atoms with van der Waals surface area (Å²) in [5.41, 5.74) is 1.12. The molecule has 0 spiro atoms. The zero-order chi connectivity index (χ0) is 16.2. The van der Waals surface area contributed by atoms with Gasteiger partial charge in [-0.1, -0.05) is 0 Å². The average Bonchev–Trinajstić information content (AvgIpc) is 3.26. The molecule has 0 aliphatic carbocycles. The van der Waals surface area contributed by atoms with Crippen LogP contribution in [0.3, 0.4) is 0 Å². The molecule has 2 aliphatic rings. The molecule has 0 unspecified atom stereocenters. The summed E-state index contributed by atoms with van der Waals surface area (Å²) < 4.78 is 4.69. The summed E-state index contributed by atoms with van der Waals surface area (Å²) in [5.74, 6) is -0.305. The number of hydrogen-bond acceptors (Lipinski definition) is 4. The molecule has 3 rings (SSSR count). The molecule has 1 atom stereocenters. The number of rotatable bonds is 4. The van der Waals surface area contributed by atoms with Crippen LogP contribution < -0.4 is 0 Å². The molecular formula is C18H24N2O3. The Morgan fingerprint density at radius 2 is 1.70 bits per heavy atom. The molecule has 0 bridgehead atoms. The van der Waals surface area contributed by atoms with Gasteiger partial charge in [-0.15, -0.1) is 0 Å². The highest BCUT2D eigenvalue weighted by atomic mass is 16.5. The Morgan fingerprint density at radius 1 is 1.04 bits per heavy atom. The maximum Gasteiger partial charge on any atom is 0.337 e. The maximum atomic E-state index is 12.8. The molecule has 5 nitrogen and oxygen atoms in total. The van der Waals surface area contributed by atoms with Crippen molar-refractivity contribution in [2.24, 2.45) is 0 Å². The molecule has 0 saturated carbocycles. The number of benzene rings is 1. The van der Waals surface area contributed by atoms with Crippen LogP contribution in [0.4, 0.5) is 0 Å². The number of carbonyl (C=O) groups is 2. The number of methoxy groups -OCH3 is 1. The van der Waals surface area contributed by atoms with Gasteiger partial charge in [-0.25, -0.2) is 4.79 Å². The van der Waals surface area contributed by atoms with E-state index in [0.29, 0.717) is 17.2 Å². The standard InChI is InChI=1S/C18H24N2O3/c1-23-18(22)15-8-6-14(7-9-15)17(21)20-12-4-5-16(20)13-19-10-2-3-11-19/h6-9,16H,2-5,10-13H2,1H3/t16-/m1/s1. The van der Waals surface area contributed by atoms with Gasteiger partial charge in [0.05, 0.1) is 12.7 Å². The van der Waals surface area contributed by atoms with Crippen molar-refractivity contribution in [2.45, 2.75) is 31.7 Å². The smallest absolute Gasteiger partial charge is 0.337 e. The van der Waals surface area contributed by atoms with Gasteiger partial charge < -0.3 is 14.5 Å². The predicted octanol–water partition coefficient (Wildman–Crippen LogP) is 2.17. The van der Waals surface area contributed by atoms with E-state index in [9.17, 15) is 9.59 Å². The number of esters is 1. The first-order valence-electron chi connectivity index (χ1n) is 8.41. The van der Waals surface area contributed by atoms with Gasteiger partial charge in [-0.05, 0) is 63.0 Å². The zero-order valence-corrected chi connectivity index (χ0v) is 13.7. The molecule has 5 heteroatoms. The summed E-state index contributed by atoms with van der Waals surface area (Å²) in [7, 11) is 1.36. The minimum absolute atomic E-state index is 0.0723. The van der Waals surface area contributed by atoms with Gasteiger partial charge >= 0.3 is 5.97 Å². The topological polar surface area (TPSA) is 49.9 Å². The second-order valence-electron chi connectivity index (χ2n) is 6.37. The third kappa shape index (κ3) is 3.55. The van der Waals surface area contributed by atoms with E-state index in [1.54, 1.807) is 24.3 Å². The van der Waals surface area contributed by atoms with Crippen LogP contribution in [-0.2, 0) is 4.74 Å². The van der Waals surface area contributed by atoms with Crippen LogP contribution in [0, 0.1) is 0 Å². The Balaban J connectivity index is 1.67. The van der Waals surface area contributed by atoms with Crippen molar-refractivity contribution in [3.8, 4) is 0 Å². The first-order chi connectivity index (χ1) is 11.2. The SMILES string of the molecule is COC(=O)c1ccc(C(=O)N2CCC[C@@H]2CN2CCCC2)cc1. The van der Waals surface area contributed by atoms with Crippen molar-refractivity contribution in [1.29, 1.82) is 0 Å². The monoisotopic (exact) mass is 316 g/mol. The molecule has 2 fully saturated rings. The lowest BCUT2D eigenvalue weighted by Gasteiger charge is -2.28. The summed E-state index contributed by atoms with van der Waals surface area (Å²) in [6, 6.07) is 7.08. The molecule has 2 heterocycles. The third-order valence-electron chi connectivity index (χ3n) is 4.86. The van der Waals surface area contributed by atoms with Crippen molar-refractivity contribution >= 4 is 11.9 Å². The molecular weight excluding hydrogens is 292 g/mol. The van der Waals surface area contributed by atoms with E-state index in [-0.39, 0.29) is 11.9 Å². The lowest BCUT2D eigenvalue weighted by molar-refractivity contribution is 0.0599. The number of likely N-dealkylation sites (tertiary alicyclic amines) is 2. The van der Waals surface area contributed by atoms with Gasteiger partial charge in [0.15, 0.2) is 0 Å². The van der Waals surface area contributed by atoms with E-state index in [2.05, 4.69) is 9.64 Å². The fourth-order valence-corrected chi connectivity index (χ4v) is 3.59. The second kappa shape index (κ2) is 7.13. The molecule has 1 amide bonds. The van der Waals surface area contributed by atoms with E-state index >= 15 is 0 Å². The van der Waals surface area contributed by atoms with Crippen LogP contribution >= 0.6 is 0 Å². The average molecular weight is 316 g/mol. The first kappa shape index (κ1) is 16.0. The zero-order valence-electron chi connectivity index (χ0n) is 13.7. The number of carbonyl (C=O) groups excluding carboxylic acids is 2. The highest BCUT2D eigenvalue weighted by Crippen LogP contribution is 2.22. The summed E-state index contributed by atoms with van der Waals surface area (Å²) >= 11 is 0. The lowest BCUT2D eigenvalue weighted by Crippen LogP contribution is -2.42. The van der Waals surface area contributed by atoms with Crippen molar-refractivity contribution < 1.29 is 14.3 Å². The molecule has 124 valence electrons. The van der Waals surface area contributed by atoms with Crippen LogP contribution in [0.15, 0.2) is 24.3 Å². The molecule has 0 N–H and O–H groups in total. The number of amides is 1. The van der Waals surface area contributed by atoms with Crippen LogP contribution in [0.25, 0.3) is 0 Å². The summed E-state index contributed by atoms with van der Waals surface area (Å²) in [6.45, 7) is 4.14. The largest absolute Gasteiger partial charge is 0.465 e. The Morgan fingerprint density at radius 3 is 2.35 bits per heavy atom. The van der Waals surface area contributed by atoms with Crippen molar-refractivity contribution in [1.82, 2.24) is 9.80 Å². The predicted molar refractivity (Wildman–Crippen MR) is 87.5 cm³/mol. The van der Waals surface area contributed by atoms with Crippen LogP contribution in [0.5, 0.6) is 0 Å². The van der Waals surface area contributed by atoms with Crippen LogP contribution in [0.1, 0.15) is 46.4 Å². The molecule has 1 aromatic rings. The first-order valence-corrected chi connectivity index (χ1v) is 8.41. The number of ether oxygens (including phenoxy) is 1. The highest BCUT2D eigenvalue weighted by molar-refractivity contribution is 5.96. The summed E-state index contributed by atoms with van der Waals surface area (Å²) in [6.07, 6.45) is 4.71. The lowest BCUT2D eigenvalue weighted by atomic mass is 10.1. The molecule has 0 aromatic heterocycles. The summed E-state index contributed by atoms with van der Waals surface area (Å²) in [4.78, 5) is 28.7. The number of nitrogens with zero attached hydrogens (tertiary/aromatic N) is 2.